The molecule has 0 saturated carbocycles. The third-order valence-corrected chi connectivity index (χ3v) is 7.26. The molecule has 184 valence electrons. The lowest BCUT2D eigenvalue weighted by Gasteiger charge is -2.26. The minimum absolute atomic E-state index is 0.211. The van der Waals surface area contributed by atoms with E-state index < -0.39 is 5.97 Å². The average Bonchev–Trinajstić information content (AvgIpc) is 3.24. The van der Waals surface area contributed by atoms with E-state index in [1.807, 2.05) is 42.1 Å². The maximum Gasteiger partial charge on any atom is 0.338 e. The van der Waals surface area contributed by atoms with Gasteiger partial charge in [0.25, 0.3) is 5.91 Å². The van der Waals surface area contributed by atoms with E-state index >= 15 is 0 Å². The summed E-state index contributed by atoms with van der Waals surface area (Å²) in [5, 5.41) is 6.43. The van der Waals surface area contributed by atoms with Gasteiger partial charge in [0, 0.05) is 42.4 Å². The number of nitrogens with zero attached hydrogens (tertiary/aromatic N) is 1. The number of anilines is 2. The van der Waals surface area contributed by atoms with E-state index in [0.29, 0.717) is 23.4 Å². The van der Waals surface area contributed by atoms with Crippen LogP contribution in [0.4, 0.5) is 11.4 Å². The van der Waals surface area contributed by atoms with Gasteiger partial charge in [-0.25, -0.2) is 4.79 Å². The van der Waals surface area contributed by atoms with Crippen molar-refractivity contribution in [2.75, 3.05) is 41.8 Å². The van der Waals surface area contributed by atoms with Crippen molar-refractivity contribution in [3.05, 3.63) is 95.1 Å². The lowest BCUT2D eigenvalue weighted by atomic mass is 9.99. The fraction of sp³-hybridized carbons (Fsp3) is 0.241. The lowest BCUT2D eigenvalue weighted by molar-refractivity contribution is -0.110. The Morgan fingerprint density at radius 3 is 2.47 bits per heavy atom. The zero-order chi connectivity index (χ0) is 24.9. The molecule has 0 atom stereocenters. The van der Waals surface area contributed by atoms with Gasteiger partial charge in [-0.15, -0.1) is 0 Å². The van der Waals surface area contributed by atoms with Crippen LogP contribution in [-0.4, -0.2) is 48.0 Å². The number of ether oxygens (including phenoxy) is 1. The van der Waals surface area contributed by atoms with Crippen molar-refractivity contribution < 1.29 is 14.3 Å². The summed E-state index contributed by atoms with van der Waals surface area (Å²) in [4.78, 5) is 27.9. The van der Waals surface area contributed by atoms with Crippen LogP contribution < -0.4 is 10.6 Å². The van der Waals surface area contributed by atoms with E-state index in [1.54, 1.807) is 25.1 Å². The van der Waals surface area contributed by atoms with E-state index in [-0.39, 0.29) is 5.91 Å². The molecule has 2 N–H and O–H groups in total. The number of esters is 1. The molecule has 5 rings (SSSR count). The molecule has 0 unspecified atom stereocenters. The van der Waals surface area contributed by atoms with Gasteiger partial charge in [-0.3, -0.25) is 9.69 Å². The minimum atomic E-state index is -0.406. The van der Waals surface area contributed by atoms with Crippen molar-refractivity contribution in [1.82, 2.24) is 4.90 Å². The van der Waals surface area contributed by atoms with Gasteiger partial charge in [0.2, 0.25) is 0 Å². The standard InChI is InChI=1S/C29H29N3O3S/c1-2-35-29(34)22-10-13-24-25(18-22)31-28(33)26(24)27(21-6-4-3-5-7-21)30-23-11-8-20(9-12-23)19-32-14-16-36-17-15-32/h3-13,18,30H,2,14-17,19H2,1H3,(H,31,33). The Morgan fingerprint density at radius 2 is 1.75 bits per heavy atom. The maximum absolute atomic E-state index is 13.2. The highest BCUT2D eigenvalue weighted by molar-refractivity contribution is 7.99. The first-order chi connectivity index (χ1) is 17.6. The Labute approximate surface area is 215 Å². The zero-order valence-electron chi connectivity index (χ0n) is 20.3. The van der Waals surface area contributed by atoms with Crippen molar-refractivity contribution in [1.29, 1.82) is 0 Å². The van der Waals surface area contributed by atoms with E-state index in [4.69, 9.17) is 4.74 Å². The van der Waals surface area contributed by atoms with Crippen LogP contribution in [-0.2, 0) is 16.1 Å². The first kappa shape index (κ1) is 24.2. The molecule has 2 heterocycles. The van der Waals surface area contributed by atoms with Crippen LogP contribution in [0.5, 0.6) is 0 Å². The molecule has 2 aliphatic heterocycles. The second-order valence-corrected chi connectivity index (χ2v) is 9.99. The Bertz CT molecular complexity index is 1280. The summed E-state index contributed by atoms with van der Waals surface area (Å²) in [7, 11) is 0. The summed E-state index contributed by atoms with van der Waals surface area (Å²) in [5.74, 6) is 1.77. The molecule has 1 amide bonds. The van der Waals surface area contributed by atoms with E-state index in [2.05, 4.69) is 39.8 Å². The Balaban J connectivity index is 1.46. The van der Waals surface area contributed by atoms with Crippen LogP contribution in [0.3, 0.4) is 0 Å². The Hall–Kier alpha value is -3.55. The third kappa shape index (κ3) is 5.32. The summed E-state index contributed by atoms with van der Waals surface area (Å²) in [6.07, 6.45) is 0. The molecule has 36 heavy (non-hydrogen) atoms. The normalized spacial score (nSPS) is 16.8. The number of carbonyl (C=O) groups is 2. The predicted molar refractivity (Wildman–Crippen MR) is 147 cm³/mol. The summed E-state index contributed by atoms with van der Waals surface area (Å²) in [6.45, 7) is 5.27. The van der Waals surface area contributed by atoms with Crippen molar-refractivity contribution in [3.63, 3.8) is 0 Å². The molecular formula is C29H29N3O3S. The van der Waals surface area contributed by atoms with Crippen molar-refractivity contribution in [2.24, 2.45) is 0 Å². The monoisotopic (exact) mass is 499 g/mol. The second kappa shape index (κ2) is 11.0. The van der Waals surface area contributed by atoms with Gasteiger partial charge in [-0.1, -0.05) is 48.5 Å². The summed E-state index contributed by atoms with van der Waals surface area (Å²) in [5.41, 5.74) is 6.11. The molecule has 1 saturated heterocycles. The van der Waals surface area contributed by atoms with Gasteiger partial charge in [0.15, 0.2) is 0 Å². The minimum Gasteiger partial charge on any atom is -0.462 e. The SMILES string of the molecule is CCOC(=O)c1ccc2c(c1)NC(=O)C2=C(Nc1ccc(CN2CCSCC2)cc1)c1ccccc1. The lowest BCUT2D eigenvalue weighted by Crippen LogP contribution is -2.31. The maximum atomic E-state index is 13.2. The van der Waals surface area contributed by atoms with E-state index in [1.165, 1.54) is 17.1 Å². The molecular weight excluding hydrogens is 470 g/mol. The number of thioether (sulfide) groups is 1. The molecule has 3 aromatic carbocycles. The van der Waals surface area contributed by atoms with E-state index in [0.717, 1.165) is 42.1 Å². The number of rotatable bonds is 7. The molecule has 0 radical (unpaired) electrons. The van der Waals surface area contributed by atoms with Crippen LogP contribution in [0.2, 0.25) is 0 Å². The fourth-order valence-corrected chi connectivity index (χ4v) is 5.48. The quantitative estimate of drug-likeness (QED) is 0.338. The van der Waals surface area contributed by atoms with Crippen LogP contribution in [0.25, 0.3) is 11.3 Å². The van der Waals surface area contributed by atoms with Gasteiger partial charge in [0.05, 0.1) is 29.1 Å². The van der Waals surface area contributed by atoms with Crippen LogP contribution in [0.1, 0.15) is 34.0 Å². The van der Waals surface area contributed by atoms with Gasteiger partial charge >= 0.3 is 5.97 Å². The molecule has 3 aromatic rings. The Morgan fingerprint density at radius 1 is 1.00 bits per heavy atom. The number of carbonyl (C=O) groups excluding carboxylic acids is 2. The number of amides is 1. The summed E-state index contributed by atoms with van der Waals surface area (Å²) in [6, 6.07) is 23.4. The number of fused-ring (bicyclic) bond motifs is 1. The molecule has 7 heteroatoms. The second-order valence-electron chi connectivity index (χ2n) is 8.76. The highest BCUT2D eigenvalue weighted by atomic mass is 32.2. The number of hydrogen-bond acceptors (Lipinski definition) is 6. The molecule has 0 aromatic heterocycles. The van der Waals surface area contributed by atoms with Gasteiger partial charge in [-0.05, 0) is 42.3 Å². The largest absolute Gasteiger partial charge is 0.462 e. The number of benzene rings is 3. The van der Waals surface area contributed by atoms with E-state index in [9.17, 15) is 9.59 Å². The molecule has 0 bridgehead atoms. The predicted octanol–water partition coefficient (Wildman–Crippen LogP) is 5.34. The molecule has 6 nitrogen and oxygen atoms in total. The smallest absolute Gasteiger partial charge is 0.338 e. The van der Waals surface area contributed by atoms with Gasteiger partial charge in [0.1, 0.15) is 0 Å². The summed E-state index contributed by atoms with van der Waals surface area (Å²) >= 11 is 2.02. The zero-order valence-corrected chi connectivity index (χ0v) is 21.1. The Kier molecular flexibility index (Phi) is 7.39. The first-order valence-electron chi connectivity index (χ1n) is 12.2. The van der Waals surface area contributed by atoms with Crippen molar-refractivity contribution in [2.45, 2.75) is 13.5 Å². The highest BCUT2D eigenvalue weighted by Crippen LogP contribution is 2.38. The topological polar surface area (TPSA) is 70.7 Å². The molecule has 0 aliphatic carbocycles. The van der Waals surface area contributed by atoms with Crippen molar-refractivity contribution in [3.8, 4) is 0 Å². The summed E-state index contributed by atoms with van der Waals surface area (Å²) < 4.78 is 5.11. The number of hydrogen-bond donors (Lipinski definition) is 2. The molecule has 1 fully saturated rings. The highest BCUT2D eigenvalue weighted by Gasteiger charge is 2.29. The van der Waals surface area contributed by atoms with Gasteiger partial charge < -0.3 is 15.4 Å². The van der Waals surface area contributed by atoms with Crippen LogP contribution >= 0.6 is 11.8 Å². The van der Waals surface area contributed by atoms with Crippen LogP contribution in [0, 0.1) is 0 Å². The third-order valence-electron chi connectivity index (χ3n) is 6.32. The van der Waals surface area contributed by atoms with Crippen molar-refractivity contribution >= 4 is 46.3 Å². The average molecular weight is 500 g/mol. The fourth-order valence-electron chi connectivity index (χ4n) is 4.50. The van der Waals surface area contributed by atoms with Crippen LogP contribution in [0.15, 0.2) is 72.8 Å². The number of nitrogens with one attached hydrogen (secondary N) is 2. The molecule has 2 aliphatic rings. The molecule has 0 spiro atoms. The first-order valence-corrected chi connectivity index (χ1v) is 13.4. The van der Waals surface area contributed by atoms with Gasteiger partial charge in [-0.2, -0.15) is 11.8 Å².